The number of carbonyl (C=O) groups excluding carboxylic acids is 3. The molecule has 0 spiro atoms. The number of amides is 1. The molecule has 0 heterocycles. The molecule has 6 nitrogen and oxygen atoms in total. The highest BCUT2D eigenvalue weighted by molar-refractivity contribution is 5.82. The average Bonchev–Trinajstić information content (AvgIpc) is 2.42. The van der Waals surface area contributed by atoms with Gasteiger partial charge < -0.3 is 15.5 Å². The zero-order chi connectivity index (χ0) is 14.4. The van der Waals surface area contributed by atoms with Crippen molar-refractivity contribution < 1.29 is 24.6 Å². The van der Waals surface area contributed by atoms with Crippen molar-refractivity contribution in [2.45, 2.75) is 19.1 Å². The van der Waals surface area contributed by atoms with Gasteiger partial charge in [-0.2, -0.15) is 0 Å². The molecule has 0 radical (unpaired) electrons. The van der Waals surface area contributed by atoms with E-state index in [2.05, 4.69) is 5.32 Å². The minimum absolute atomic E-state index is 0.127. The number of aliphatic hydroxyl groups is 2. The van der Waals surface area contributed by atoms with Crippen LogP contribution in [-0.2, 0) is 4.79 Å². The third-order valence-corrected chi connectivity index (χ3v) is 2.54. The SMILES string of the molecule is CC(=O)NCC(O)C(O)c1cc(C=O)cc(C=O)c1. The van der Waals surface area contributed by atoms with Crippen LogP contribution < -0.4 is 5.32 Å². The third kappa shape index (κ3) is 4.27. The van der Waals surface area contributed by atoms with Crippen molar-refractivity contribution in [3.63, 3.8) is 0 Å². The molecule has 1 amide bonds. The van der Waals surface area contributed by atoms with Gasteiger partial charge in [0.05, 0.1) is 0 Å². The molecule has 0 saturated carbocycles. The summed E-state index contributed by atoms with van der Waals surface area (Å²) in [6.45, 7) is 1.16. The second kappa shape index (κ2) is 6.77. The predicted octanol–water partition coefficient (Wildman–Crippen LogP) is -0.158. The van der Waals surface area contributed by atoms with Crippen LogP contribution in [0.4, 0.5) is 0 Å². The number of carbonyl (C=O) groups is 3. The molecule has 6 heteroatoms. The monoisotopic (exact) mass is 265 g/mol. The Morgan fingerprint density at radius 3 is 2.16 bits per heavy atom. The topological polar surface area (TPSA) is 104 Å². The van der Waals surface area contributed by atoms with E-state index in [1.54, 1.807) is 0 Å². The second-order valence-electron chi connectivity index (χ2n) is 4.12. The Balaban J connectivity index is 2.91. The molecule has 0 aliphatic carbocycles. The molecule has 3 N–H and O–H groups in total. The fraction of sp³-hybridized carbons (Fsp3) is 0.308. The number of benzene rings is 1. The minimum atomic E-state index is -1.30. The summed E-state index contributed by atoms with van der Waals surface area (Å²) in [7, 11) is 0. The zero-order valence-corrected chi connectivity index (χ0v) is 10.4. The number of aliphatic hydroxyl groups excluding tert-OH is 2. The number of hydrogen-bond acceptors (Lipinski definition) is 5. The summed E-state index contributed by atoms with van der Waals surface area (Å²) in [6, 6.07) is 4.12. The fourth-order valence-electron chi connectivity index (χ4n) is 1.59. The van der Waals surface area contributed by atoms with Crippen molar-refractivity contribution in [3.05, 3.63) is 34.9 Å². The quantitative estimate of drug-likeness (QED) is 0.620. The lowest BCUT2D eigenvalue weighted by atomic mass is 9.99. The lowest BCUT2D eigenvalue weighted by molar-refractivity contribution is -0.119. The van der Waals surface area contributed by atoms with E-state index in [4.69, 9.17) is 0 Å². The van der Waals surface area contributed by atoms with E-state index in [0.29, 0.717) is 12.6 Å². The van der Waals surface area contributed by atoms with Gasteiger partial charge in [0.15, 0.2) is 0 Å². The number of rotatable bonds is 6. The van der Waals surface area contributed by atoms with Crippen molar-refractivity contribution in [3.8, 4) is 0 Å². The van der Waals surface area contributed by atoms with Crippen LogP contribution in [0.15, 0.2) is 18.2 Å². The maximum absolute atomic E-state index is 10.7. The molecular formula is C13H15NO5. The first-order valence-corrected chi connectivity index (χ1v) is 5.64. The molecule has 2 atom stereocenters. The predicted molar refractivity (Wildman–Crippen MR) is 66.9 cm³/mol. The Bertz CT molecular complexity index is 460. The van der Waals surface area contributed by atoms with E-state index in [0.717, 1.165) is 0 Å². The standard InChI is InChI=1S/C13H15NO5/c1-8(17)14-5-12(18)13(19)11-3-9(6-15)2-10(4-11)7-16/h2-4,6-7,12-13,18-19H,5H2,1H3,(H,14,17). The van der Waals surface area contributed by atoms with Crippen molar-refractivity contribution in [1.82, 2.24) is 5.32 Å². The Labute approximate surface area is 110 Å². The van der Waals surface area contributed by atoms with Crippen molar-refractivity contribution in [2.24, 2.45) is 0 Å². The Morgan fingerprint density at radius 1 is 1.21 bits per heavy atom. The van der Waals surface area contributed by atoms with Gasteiger partial charge in [0.1, 0.15) is 24.8 Å². The summed E-state index contributed by atoms with van der Waals surface area (Å²) in [6.07, 6.45) is -1.44. The van der Waals surface area contributed by atoms with Gasteiger partial charge in [-0.05, 0) is 23.8 Å². The van der Waals surface area contributed by atoms with E-state index in [9.17, 15) is 24.6 Å². The fourth-order valence-corrected chi connectivity index (χ4v) is 1.59. The molecule has 0 aliphatic rings. The largest absolute Gasteiger partial charge is 0.388 e. The first-order valence-electron chi connectivity index (χ1n) is 5.64. The molecule has 1 aromatic rings. The highest BCUT2D eigenvalue weighted by atomic mass is 16.3. The van der Waals surface area contributed by atoms with Gasteiger partial charge in [-0.1, -0.05) is 0 Å². The van der Waals surface area contributed by atoms with Crippen LogP contribution in [0.1, 0.15) is 39.3 Å². The molecule has 0 bridgehead atoms. The molecule has 0 aromatic heterocycles. The van der Waals surface area contributed by atoms with Crippen molar-refractivity contribution in [2.75, 3.05) is 6.54 Å². The highest BCUT2D eigenvalue weighted by Crippen LogP contribution is 2.19. The summed E-state index contributed by atoms with van der Waals surface area (Å²) in [5.74, 6) is -0.332. The molecule has 0 saturated heterocycles. The Kier molecular flexibility index (Phi) is 5.35. The van der Waals surface area contributed by atoms with Crippen LogP contribution in [0.2, 0.25) is 0 Å². The van der Waals surface area contributed by atoms with Gasteiger partial charge in [0, 0.05) is 24.6 Å². The van der Waals surface area contributed by atoms with E-state index in [-0.39, 0.29) is 29.1 Å². The van der Waals surface area contributed by atoms with E-state index in [1.807, 2.05) is 0 Å². The van der Waals surface area contributed by atoms with Crippen LogP contribution >= 0.6 is 0 Å². The number of aldehydes is 2. The molecular weight excluding hydrogens is 250 g/mol. The molecule has 0 aliphatic heterocycles. The molecule has 1 rings (SSSR count). The highest BCUT2D eigenvalue weighted by Gasteiger charge is 2.19. The van der Waals surface area contributed by atoms with E-state index < -0.39 is 12.2 Å². The van der Waals surface area contributed by atoms with Gasteiger partial charge in [0.25, 0.3) is 0 Å². The smallest absolute Gasteiger partial charge is 0.216 e. The average molecular weight is 265 g/mol. The van der Waals surface area contributed by atoms with Crippen molar-refractivity contribution in [1.29, 1.82) is 0 Å². The summed E-state index contributed by atoms with van der Waals surface area (Å²) in [5, 5.41) is 22.0. The molecule has 1 aromatic carbocycles. The van der Waals surface area contributed by atoms with Gasteiger partial charge >= 0.3 is 0 Å². The van der Waals surface area contributed by atoms with Crippen LogP contribution in [0.5, 0.6) is 0 Å². The van der Waals surface area contributed by atoms with Gasteiger partial charge in [-0.25, -0.2) is 0 Å². The summed E-state index contributed by atoms with van der Waals surface area (Å²) in [4.78, 5) is 32.1. The lowest BCUT2D eigenvalue weighted by Gasteiger charge is -2.19. The van der Waals surface area contributed by atoms with Gasteiger partial charge in [-0.3, -0.25) is 14.4 Å². The Hall–Kier alpha value is -2.05. The first kappa shape index (κ1) is 15.0. The third-order valence-electron chi connectivity index (χ3n) is 2.54. The second-order valence-corrected chi connectivity index (χ2v) is 4.12. The van der Waals surface area contributed by atoms with Gasteiger partial charge in [0.2, 0.25) is 5.91 Å². The molecule has 19 heavy (non-hydrogen) atoms. The summed E-state index contributed by atoms with van der Waals surface area (Å²) < 4.78 is 0. The van der Waals surface area contributed by atoms with Gasteiger partial charge in [-0.15, -0.1) is 0 Å². The maximum Gasteiger partial charge on any atom is 0.216 e. The van der Waals surface area contributed by atoms with Crippen LogP contribution in [0.25, 0.3) is 0 Å². The molecule has 102 valence electrons. The number of hydrogen-bond donors (Lipinski definition) is 3. The van der Waals surface area contributed by atoms with Crippen LogP contribution in [0.3, 0.4) is 0 Å². The van der Waals surface area contributed by atoms with E-state index in [1.165, 1.54) is 25.1 Å². The van der Waals surface area contributed by atoms with E-state index >= 15 is 0 Å². The molecule has 2 unspecified atom stereocenters. The Morgan fingerprint density at radius 2 is 1.74 bits per heavy atom. The summed E-state index contributed by atoms with van der Waals surface area (Å²) >= 11 is 0. The zero-order valence-electron chi connectivity index (χ0n) is 10.4. The summed E-state index contributed by atoms with van der Waals surface area (Å²) in [5.41, 5.74) is 0.695. The normalized spacial score (nSPS) is 13.4. The first-order chi connectivity index (χ1) is 8.97. The number of nitrogens with one attached hydrogen (secondary N) is 1. The van der Waals surface area contributed by atoms with Crippen molar-refractivity contribution >= 4 is 18.5 Å². The van der Waals surface area contributed by atoms with Crippen LogP contribution in [0, 0.1) is 0 Å². The minimum Gasteiger partial charge on any atom is -0.388 e. The lowest BCUT2D eigenvalue weighted by Crippen LogP contribution is -2.34. The van der Waals surface area contributed by atoms with Crippen LogP contribution in [-0.4, -0.2) is 41.3 Å². The molecule has 0 fully saturated rings. The maximum atomic E-state index is 10.7.